The van der Waals surface area contributed by atoms with Gasteiger partial charge in [0.15, 0.2) is 0 Å². The molecule has 0 aromatic heterocycles. The summed E-state index contributed by atoms with van der Waals surface area (Å²) in [5.41, 5.74) is 7.36. The molecule has 2 aliphatic rings. The number of rotatable bonds is 1. The van der Waals surface area contributed by atoms with Crippen LogP contribution in [0, 0.1) is 25.7 Å². The van der Waals surface area contributed by atoms with Gasteiger partial charge in [0.2, 0.25) is 5.91 Å². The molecule has 1 N–H and O–H groups in total. The topological polar surface area (TPSA) is 41.5 Å². The maximum absolute atomic E-state index is 11.3. The van der Waals surface area contributed by atoms with Crippen LogP contribution in [0.1, 0.15) is 23.1 Å². The summed E-state index contributed by atoms with van der Waals surface area (Å²) in [6, 6.07) is 6.36. The molecule has 1 saturated carbocycles. The lowest BCUT2D eigenvalue weighted by atomic mass is 9.99. The Hall–Kier alpha value is -1.64. The molecule has 1 aromatic rings. The normalized spacial score (nSPS) is 26.9. The summed E-state index contributed by atoms with van der Waals surface area (Å²) in [5.74, 6) is 0.613. The van der Waals surface area contributed by atoms with Crippen molar-refractivity contribution in [3.05, 3.63) is 34.9 Å². The first-order valence-corrected chi connectivity index (χ1v) is 5.62. The number of hydrazone groups is 1. The van der Waals surface area contributed by atoms with Crippen molar-refractivity contribution < 1.29 is 4.79 Å². The molecule has 0 radical (unpaired) electrons. The number of hydrogen-bond acceptors (Lipinski definition) is 2. The molecule has 1 aliphatic heterocycles. The number of carbonyl (C=O) groups excluding carboxylic acids is 1. The third-order valence-electron chi connectivity index (χ3n) is 3.57. The van der Waals surface area contributed by atoms with E-state index in [0.29, 0.717) is 5.92 Å². The minimum atomic E-state index is 0.0811. The van der Waals surface area contributed by atoms with E-state index in [2.05, 4.69) is 42.6 Å². The monoisotopic (exact) mass is 214 g/mol. The first kappa shape index (κ1) is 9.58. The van der Waals surface area contributed by atoms with Gasteiger partial charge < -0.3 is 0 Å². The number of carbonyl (C=O) groups is 1. The molecule has 3 rings (SSSR count). The van der Waals surface area contributed by atoms with Crippen LogP contribution in [0.25, 0.3) is 0 Å². The second-order valence-electron chi connectivity index (χ2n) is 4.72. The lowest BCUT2D eigenvalue weighted by molar-refractivity contribution is -0.122. The lowest BCUT2D eigenvalue weighted by Crippen LogP contribution is -2.28. The standard InChI is InChI=1S/C13H14N2O/c1-7-3-4-9(5-8(7)2)12-10-6-11(10)13(16)15-14-12/h3-5,10-11H,6H2,1-2H3,(H,15,16). The van der Waals surface area contributed by atoms with Crippen molar-refractivity contribution in [3.63, 3.8) is 0 Å². The summed E-state index contributed by atoms with van der Waals surface area (Å²) in [6.45, 7) is 4.20. The highest BCUT2D eigenvalue weighted by atomic mass is 16.2. The van der Waals surface area contributed by atoms with Crippen LogP contribution >= 0.6 is 0 Å². The van der Waals surface area contributed by atoms with Gasteiger partial charge in [-0.2, -0.15) is 5.10 Å². The van der Waals surface area contributed by atoms with Gasteiger partial charge in [-0.05, 0) is 43.0 Å². The number of benzene rings is 1. The summed E-state index contributed by atoms with van der Waals surface area (Å²) >= 11 is 0. The quantitative estimate of drug-likeness (QED) is 0.760. The Kier molecular flexibility index (Phi) is 1.90. The van der Waals surface area contributed by atoms with E-state index in [4.69, 9.17) is 0 Å². The average molecular weight is 214 g/mol. The Morgan fingerprint density at radius 2 is 2.06 bits per heavy atom. The van der Waals surface area contributed by atoms with Crippen LogP contribution in [0.3, 0.4) is 0 Å². The number of aryl methyl sites for hydroxylation is 2. The Balaban J connectivity index is 1.98. The van der Waals surface area contributed by atoms with Crippen LogP contribution in [-0.4, -0.2) is 11.6 Å². The molecule has 0 saturated heterocycles. The predicted molar refractivity (Wildman–Crippen MR) is 62.2 cm³/mol. The minimum absolute atomic E-state index is 0.0811. The van der Waals surface area contributed by atoms with Crippen molar-refractivity contribution in [1.29, 1.82) is 0 Å². The molecule has 82 valence electrons. The molecule has 1 aliphatic carbocycles. The summed E-state index contributed by atoms with van der Waals surface area (Å²) in [7, 11) is 0. The smallest absolute Gasteiger partial charge is 0.243 e. The van der Waals surface area contributed by atoms with Gasteiger partial charge in [-0.3, -0.25) is 4.79 Å². The molecule has 16 heavy (non-hydrogen) atoms. The maximum Gasteiger partial charge on any atom is 0.243 e. The fourth-order valence-corrected chi connectivity index (χ4v) is 2.25. The van der Waals surface area contributed by atoms with Gasteiger partial charge in [-0.1, -0.05) is 12.1 Å². The van der Waals surface area contributed by atoms with Crippen molar-refractivity contribution in [2.45, 2.75) is 20.3 Å². The van der Waals surface area contributed by atoms with E-state index >= 15 is 0 Å². The molecule has 1 heterocycles. The van der Waals surface area contributed by atoms with E-state index in [0.717, 1.165) is 17.7 Å². The molecule has 3 heteroatoms. The molecule has 1 amide bonds. The van der Waals surface area contributed by atoms with Gasteiger partial charge in [0, 0.05) is 11.8 Å². The van der Waals surface area contributed by atoms with Gasteiger partial charge in [0.05, 0.1) is 5.71 Å². The van der Waals surface area contributed by atoms with Crippen molar-refractivity contribution in [3.8, 4) is 0 Å². The van der Waals surface area contributed by atoms with Gasteiger partial charge in [-0.25, -0.2) is 5.43 Å². The van der Waals surface area contributed by atoms with E-state index in [1.54, 1.807) is 0 Å². The van der Waals surface area contributed by atoms with E-state index in [-0.39, 0.29) is 11.8 Å². The number of amides is 1. The summed E-state index contributed by atoms with van der Waals surface area (Å²) in [5, 5.41) is 4.19. The molecule has 2 unspecified atom stereocenters. The van der Waals surface area contributed by atoms with Crippen LogP contribution in [-0.2, 0) is 4.79 Å². The highest BCUT2D eigenvalue weighted by Gasteiger charge is 2.49. The largest absolute Gasteiger partial charge is 0.273 e. The number of nitrogens with one attached hydrogen (secondary N) is 1. The third-order valence-corrected chi connectivity index (χ3v) is 3.57. The molecular formula is C13H14N2O. The molecule has 1 aromatic carbocycles. The van der Waals surface area contributed by atoms with Crippen molar-refractivity contribution in [2.24, 2.45) is 16.9 Å². The van der Waals surface area contributed by atoms with Crippen molar-refractivity contribution in [1.82, 2.24) is 5.43 Å². The van der Waals surface area contributed by atoms with E-state index < -0.39 is 0 Å². The summed E-state index contributed by atoms with van der Waals surface area (Å²) < 4.78 is 0. The average Bonchev–Trinajstić information content (AvgIpc) is 3.04. The van der Waals surface area contributed by atoms with E-state index in [9.17, 15) is 4.79 Å². The zero-order valence-electron chi connectivity index (χ0n) is 9.45. The lowest BCUT2D eigenvalue weighted by Gasteiger charge is -2.12. The first-order chi connectivity index (χ1) is 7.66. The maximum atomic E-state index is 11.3. The van der Waals surface area contributed by atoms with Crippen molar-refractivity contribution >= 4 is 11.6 Å². The fraction of sp³-hybridized carbons (Fsp3) is 0.385. The molecule has 0 spiro atoms. The molecule has 1 fully saturated rings. The highest BCUT2D eigenvalue weighted by molar-refractivity contribution is 6.09. The summed E-state index contributed by atoms with van der Waals surface area (Å²) in [6.07, 6.45) is 0.956. The van der Waals surface area contributed by atoms with E-state index in [1.807, 2.05) is 0 Å². The second kappa shape index (κ2) is 3.17. The van der Waals surface area contributed by atoms with Gasteiger partial charge in [0.1, 0.15) is 0 Å². The molecule has 3 nitrogen and oxygen atoms in total. The third kappa shape index (κ3) is 1.35. The fourth-order valence-electron chi connectivity index (χ4n) is 2.25. The SMILES string of the molecule is Cc1ccc(C2=NNC(=O)C3CC23)cc1C. The van der Waals surface area contributed by atoms with Crippen LogP contribution in [0.5, 0.6) is 0 Å². The van der Waals surface area contributed by atoms with E-state index in [1.165, 1.54) is 11.1 Å². The van der Waals surface area contributed by atoms with Crippen LogP contribution in [0.15, 0.2) is 23.3 Å². The zero-order valence-corrected chi connectivity index (χ0v) is 9.45. The van der Waals surface area contributed by atoms with Crippen LogP contribution < -0.4 is 5.43 Å². The summed E-state index contributed by atoms with van der Waals surface area (Å²) in [4.78, 5) is 11.3. The van der Waals surface area contributed by atoms with Crippen molar-refractivity contribution in [2.75, 3.05) is 0 Å². The van der Waals surface area contributed by atoms with Gasteiger partial charge in [0.25, 0.3) is 0 Å². The number of hydrogen-bond donors (Lipinski definition) is 1. The Bertz CT molecular complexity index is 505. The predicted octanol–water partition coefficient (Wildman–Crippen LogP) is 1.77. The Morgan fingerprint density at radius 1 is 1.25 bits per heavy atom. The second-order valence-corrected chi connectivity index (χ2v) is 4.72. The molecule has 0 bridgehead atoms. The van der Waals surface area contributed by atoms with Gasteiger partial charge in [-0.15, -0.1) is 0 Å². The Labute approximate surface area is 94.6 Å². The number of nitrogens with zero attached hydrogens (tertiary/aromatic N) is 1. The number of fused-ring (bicyclic) bond motifs is 1. The van der Waals surface area contributed by atoms with Crippen LogP contribution in [0.4, 0.5) is 0 Å². The highest BCUT2D eigenvalue weighted by Crippen LogP contribution is 2.43. The van der Waals surface area contributed by atoms with Gasteiger partial charge >= 0.3 is 0 Å². The zero-order chi connectivity index (χ0) is 11.3. The molecular weight excluding hydrogens is 200 g/mol. The first-order valence-electron chi connectivity index (χ1n) is 5.62. The molecule has 2 atom stereocenters. The van der Waals surface area contributed by atoms with Crippen LogP contribution in [0.2, 0.25) is 0 Å². The Morgan fingerprint density at radius 3 is 2.81 bits per heavy atom. The minimum Gasteiger partial charge on any atom is -0.273 e.